The second kappa shape index (κ2) is 5.99. The quantitative estimate of drug-likeness (QED) is 0.763. The van der Waals surface area contributed by atoms with Crippen LogP contribution in [0.1, 0.15) is 25.7 Å². The SMILES string of the molecule is CN1CC(C2=NOCC(CN3CCCCC3)O2)CC1=O. The molecule has 0 aromatic carbocycles. The molecule has 0 spiro atoms. The molecule has 20 heavy (non-hydrogen) atoms. The molecule has 6 nitrogen and oxygen atoms in total. The van der Waals surface area contributed by atoms with Gasteiger partial charge in [0.15, 0.2) is 6.61 Å². The summed E-state index contributed by atoms with van der Waals surface area (Å²) >= 11 is 0. The van der Waals surface area contributed by atoms with E-state index in [-0.39, 0.29) is 17.9 Å². The Morgan fingerprint density at radius 3 is 2.80 bits per heavy atom. The van der Waals surface area contributed by atoms with E-state index in [0.717, 1.165) is 19.6 Å². The third-order valence-electron chi connectivity index (χ3n) is 4.30. The predicted molar refractivity (Wildman–Crippen MR) is 74.3 cm³/mol. The lowest BCUT2D eigenvalue weighted by Gasteiger charge is -2.32. The van der Waals surface area contributed by atoms with Gasteiger partial charge in [-0.05, 0) is 25.9 Å². The van der Waals surface area contributed by atoms with Crippen molar-refractivity contribution in [1.82, 2.24) is 9.80 Å². The van der Waals surface area contributed by atoms with Crippen molar-refractivity contribution >= 4 is 11.8 Å². The van der Waals surface area contributed by atoms with Crippen LogP contribution in [-0.4, -0.2) is 67.5 Å². The molecule has 2 atom stereocenters. The normalized spacial score (nSPS) is 31.8. The van der Waals surface area contributed by atoms with Crippen LogP contribution in [0.15, 0.2) is 5.16 Å². The minimum atomic E-state index is 0.0432. The lowest BCUT2D eigenvalue weighted by Crippen LogP contribution is -2.43. The summed E-state index contributed by atoms with van der Waals surface area (Å²) in [6.45, 7) is 4.39. The fraction of sp³-hybridized carbons (Fsp3) is 0.857. The molecule has 112 valence electrons. The van der Waals surface area contributed by atoms with E-state index in [0.29, 0.717) is 25.5 Å². The van der Waals surface area contributed by atoms with Gasteiger partial charge in [0.25, 0.3) is 0 Å². The van der Waals surface area contributed by atoms with E-state index < -0.39 is 0 Å². The van der Waals surface area contributed by atoms with Crippen molar-refractivity contribution in [1.29, 1.82) is 0 Å². The van der Waals surface area contributed by atoms with Gasteiger partial charge in [0.1, 0.15) is 6.10 Å². The van der Waals surface area contributed by atoms with Gasteiger partial charge in [-0.15, -0.1) is 0 Å². The number of likely N-dealkylation sites (tertiary alicyclic amines) is 2. The van der Waals surface area contributed by atoms with Crippen LogP contribution in [0, 0.1) is 5.92 Å². The van der Waals surface area contributed by atoms with E-state index in [4.69, 9.17) is 9.57 Å². The van der Waals surface area contributed by atoms with Crippen molar-refractivity contribution in [2.75, 3.05) is 39.8 Å². The smallest absolute Gasteiger partial charge is 0.231 e. The molecule has 3 heterocycles. The van der Waals surface area contributed by atoms with Crippen LogP contribution in [0.25, 0.3) is 0 Å². The first-order valence-electron chi connectivity index (χ1n) is 7.55. The zero-order valence-electron chi connectivity index (χ0n) is 12.1. The average Bonchev–Trinajstić information content (AvgIpc) is 2.80. The summed E-state index contributed by atoms with van der Waals surface area (Å²) in [5.74, 6) is 0.812. The predicted octanol–water partition coefficient (Wildman–Crippen LogP) is 0.679. The van der Waals surface area contributed by atoms with Gasteiger partial charge in [-0.2, -0.15) is 0 Å². The lowest BCUT2D eigenvalue weighted by atomic mass is 10.1. The van der Waals surface area contributed by atoms with E-state index in [2.05, 4.69) is 10.1 Å². The van der Waals surface area contributed by atoms with Gasteiger partial charge < -0.3 is 14.5 Å². The number of carbonyl (C=O) groups is 1. The average molecular weight is 281 g/mol. The number of rotatable bonds is 3. The Labute approximate surface area is 119 Å². The summed E-state index contributed by atoms with van der Waals surface area (Å²) in [5.41, 5.74) is 0. The first-order valence-corrected chi connectivity index (χ1v) is 7.55. The second-order valence-electron chi connectivity index (χ2n) is 6.00. The monoisotopic (exact) mass is 281 g/mol. The van der Waals surface area contributed by atoms with Gasteiger partial charge in [-0.1, -0.05) is 11.6 Å². The van der Waals surface area contributed by atoms with Gasteiger partial charge in [0.05, 0.1) is 5.92 Å². The highest BCUT2D eigenvalue weighted by Crippen LogP contribution is 2.22. The van der Waals surface area contributed by atoms with Gasteiger partial charge >= 0.3 is 0 Å². The standard InChI is InChI=1S/C14H23N3O3/c1-16-8-11(7-13(16)18)14-15-19-10-12(20-14)9-17-5-3-2-4-6-17/h11-12H,2-10H2,1H3. The van der Waals surface area contributed by atoms with Gasteiger partial charge in [-0.3, -0.25) is 9.69 Å². The molecule has 0 saturated carbocycles. The Morgan fingerprint density at radius 1 is 1.30 bits per heavy atom. The van der Waals surface area contributed by atoms with E-state index in [9.17, 15) is 4.79 Å². The minimum Gasteiger partial charge on any atom is -0.470 e. The number of hydrogen-bond acceptors (Lipinski definition) is 5. The maximum Gasteiger partial charge on any atom is 0.231 e. The highest BCUT2D eigenvalue weighted by Gasteiger charge is 2.35. The van der Waals surface area contributed by atoms with Gasteiger partial charge in [0.2, 0.25) is 11.8 Å². The lowest BCUT2D eigenvalue weighted by molar-refractivity contribution is -0.126. The molecule has 1 amide bonds. The molecule has 0 radical (unpaired) electrons. The Bertz CT molecular complexity index is 393. The second-order valence-corrected chi connectivity index (χ2v) is 6.00. The van der Waals surface area contributed by atoms with Crippen molar-refractivity contribution in [3.05, 3.63) is 0 Å². The van der Waals surface area contributed by atoms with E-state index in [1.54, 1.807) is 4.90 Å². The number of ether oxygens (including phenoxy) is 1. The minimum absolute atomic E-state index is 0.0432. The molecule has 3 aliphatic rings. The Kier molecular flexibility index (Phi) is 4.10. The van der Waals surface area contributed by atoms with Crippen LogP contribution < -0.4 is 0 Å². The molecule has 2 unspecified atom stereocenters. The number of nitrogens with zero attached hydrogens (tertiary/aromatic N) is 3. The topological polar surface area (TPSA) is 54.4 Å². The molecule has 3 aliphatic heterocycles. The summed E-state index contributed by atoms with van der Waals surface area (Å²) in [7, 11) is 1.82. The van der Waals surface area contributed by atoms with Crippen molar-refractivity contribution in [2.45, 2.75) is 31.8 Å². The van der Waals surface area contributed by atoms with E-state index >= 15 is 0 Å². The molecule has 0 N–H and O–H groups in total. The highest BCUT2D eigenvalue weighted by atomic mass is 16.7. The number of hydrogen-bond donors (Lipinski definition) is 0. The largest absolute Gasteiger partial charge is 0.470 e. The maximum absolute atomic E-state index is 11.6. The number of piperidine rings is 1. The molecule has 6 heteroatoms. The first-order chi connectivity index (χ1) is 9.72. The summed E-state index contributed by atoms with van der Waals surface area (Å²) in [6.07, 6.45) is 4.41. The molecule has 3 rings (SSSR count). The van der Waals surface area contributed by atoms with Crippen LogP contribution in [0.4, 0.5) is 0 Å². The fourth-order valence-corrected chi connectivity index (χ4v) is 3.13. The number of carbonyl (C=O) groups excluding carboxylic acids is 1. The fourth-order valence-electron chi connectivity index (χ4n) is 3.13. The Hall–Kier alpha value is -1.30. The summed E-state index contributed by atoms with van der Waals surface area (Å²) < 4.78 is 5.97. The zero-order chi connectivity index (χ0) is 13.9. The van der Waals surface area contributed by atoms with Crippen molar-refractivity contribution in [2.24, 2.45) is 11.1 Å². The van der Waals surface area contributed by atoms with Crippen LogP contribution >= 0.6 is 0 Å². The number of amides is 1. The van der Waals surface area contributed by atoms with Gasteiger partial charge in [0, 0.05) is 26.6 Å². The molecule has 0 aliphatic carbocycles. The zero-order valence-corrected chi connectivity index (χ0v) is 12.1. The number of oxime groups is 1. The van der Waals surface area contributed by atoms with Crippen LogP contribution in [0.2, 0.25) is 0 Å². The maximum atomic E-state index is 11.6. The molecule has 2 saturated heterocycles. The third-order valence-corrected chi connectivity index (χ3v) is 4.30. The summed E-state index contributed by atoms with van der Waals surface area (Å²) in [4.78, 5) is 21.1. The Morgan fingerprint density at radius 2 is 2.10 bits per heavy atom. The van der Waals surface area contributed by atoms with Crippen molar-refractivity contribution in [3.8, 4) is 0 Å². The highest BCUT2D eigenvalue weighted by molar-refractivity contribution is 5.89. The summed E-state index contributed by atoms with van der Waals surface area (Å²) in [6, 6.07) is 0. The molecule has 0 bridgehead atoms. The van der Waals surface area contributed by atoms with Crippen LogP contribution in [0.5, 0.6) is 0 Å². The molecular formula is C14H23N3O3. The van der Waals surface area contributed by atoms with Crippen LogP contribution in [-0.2, 0) is 14.4 Å². The summed E-state index contributed by atoms with van der Waals surface area (Å²) in [5, 5.41) is 4.02. The third kappa shape index (κ3) is 3.06. The Balaban J connectivity index is 1.53. The van der Waals surface area contributed by atoms with Crippen molar-refractivity contribution < 1.29 is 14.4 Å². The van der Waals surface area contributed by atoms with Crippen molar-refractivity contribution in [3.63, 3.8) is 0 Å². The van der Waals surface area contributed by atoms with E-state index in [1.807, 2.05) is 7.05 Å². The van der Waals surface area contributed by atoms with E-state index in [1.165, 1.54) is 19.3 Å². The molecule has 0 aromatic rings. The molecular weight excluding hydrogens is 258 g/mol. The molecule has 0 aromatic heterocycles. The van der Waals surface area contributed by atoms with Gasteiger partial charge in [-0.25, -0.2) is 0 Å². The van der Waals surface area contributed by atoms with Crippen LogP contribution in [0.3, 0.4) is 0 Å². The first kappa shape index (κ1) is 13.7. The molecule has 2 fully saturated rings.